The Labute approximate surface area is 130 Å². The summed E-state index contributed by atoms with van der Waals surface area (Å²) in [5.74, 6) is 2.43. The Balaban J connectivity index is 1.71. The molecule has 112 valence electrons. The fraction of sp³-hybridized carbons (Fsp3) is 0.294. The van der Waals surface area contributed by atoms with Crippen LogP contribution in [0.15, 0.2) is 42.5 Å². The Kier molecular flexibility index (Phi) is 5.76. The first kappa shape index (κ1) is 15.5. The van der Waals surface area contributed by atoms with Gasteiger partial charge in [-0.3, -0.25) is 0 Å². The van der Waals surface area contributed by atoms with Gasteiger partial charge in [0.2, 0.25) is 0 Å². The van der Waals surface area contributed by atoms with Crippen molar-refractivity contribution in [1.82, 2.24) is 0 Å². The van der Waals surface area contributed by atoms with Crippen LogP contribution in [0.4, 0.5) is 0 Å². The van der Waals surface area contributed by atoms with Crippen LogP contribution in [-0.2, 0) is 0 Å². The van der Waals surface area contributed by atoms with E-state index < -0.39 is 0 Å². The highest BCUT2D eigenvalue weighted by molar-refractivity contribution is 6.31. The number of rotatable bonds is 7. The third-order valence-corrected chi connectivity index (χ3v) is 3.42. The van der Waals surface area contributed by atoms with Crippen molar-refractivity contribution in [3.8, 4) is 17.2 Å². The lowest BCUT2D eigenvalue weighted by Crippen LogP contribution is -2.05. The van der Waals surface area contributed by atoms with E-state index in [1.165, 1.54) is 0 Å². The molecular weight excluding hydrogens is 288 g/mol. The summed E-state index contributed by atoms with van der Waals surface area (Å²) in [5.41, 5.74) is 1.02. The van der Waals surface area contributed by atoms with Crippen molar-refractivity contribution >= 4 is 11.6 Å². The number of aryl methyl sites for hydroxylation is 1. The van der Waals surface area contributed by atoms with Gasteiger partial charge in [0.25, 0.3) is 0 Å². The van der Waals surface area contributed by atoms with E-state index in [1.807, 2.05) is 49.4 Å². The van der Waals surface area contributed by atoms with Crippen LogP contribution in [0.25, 0.3) is 0 Å². The first-order valence-corrected chi connectivity index (χ1v) is 7.22. The van der Waals surface area contributed by atoms with E-state index in [4.69, 9.17) is 25.8 Å². The molecule has 0 atom stereocenters. The Bertz CT molecular complexity index is 584. The maximum absolute atomic E-state index is 5.97. The van der Waals surface area contributed by atoms with Crippen molar-refractivity contribution in [2.24, 2.45) is 0 Å². The molecule has 0 fully saturated rings. The van der Waals surface area contributed by atoms with E-state index in [0.29, 0.717) is 13.2 Å². The maximum Gasteiger partial charge on any atom is 0.122 e. The second-order valence-electron chi connectivity index (χ2n) is 4.64. The van der Waals surface area contributed by atoms with Crippen molar-refractivity contribution in [3.63, 3.8) is 0 Å². The molecule has 0 saturated heterocycles. The van der Waals surface area contributed by atoms with E-state index in [2.05, 4.69) is 0 Å². The minimum atomic E-state index is 0.597. The number of hydrogen-bond acceptors (Lipinski definition) is 3. The van der Waals surface area contributed by atoms with Gasteiger partial charge < -0.3 is 14.2 Å². The van der Waals surface area contributed by atoms with Crippen LogP contribution >= 0.6 is 11.6 Å². The van der Waals surface area contributed by atoms with Crippen LogP contribution in [-0.4, -0.2) is 20.3 Å². The van der Waals surface area contributed by atoms with Gasteiger partial charge in [-0.15, -0.1) is 0 Å². The van der Waals surface area contributed by atoms with Gasteiger partial charge in [0.05, 0.1) is 20.3 Å². The summed E-state index contributed by atoms with van der Waals surface area (Å²) >= 11 is 5.97. The molecule has 0 amide bonds. The monoisotopic (exact) mass is 306 g/mol. The molecule has 0 radical (unpaired) electrons. The molecule has 3 nitrogen and oxygen atoms in total. The molecule has 0 spiro atoms. The molecule has 0 bridgehead atoms. The van der Waals surface area contributed by atoms with E-state index in [-0.39, 0.29) is 0 Å². The molecule has 2 rings (SSSR count). The van der Waals surface area contributed by atoms with Crippen molar-refractivity contribution in [2.45, 2.75) is 13.3 Å². The van der Waals surface area contributed by atoms with Gasteiger partial charge in [-0.25, -0.2) is 0 Å². The first-order valence-electron chi connectivity index (χ1n) is 6.85. The highest BCUT2D eigenvalue weighted by atomic mass is 35.5. The number of hydrogen-bond donors (Lipinski definition) is 0. The molecule has 0 aromatic heterocycles. The number of halogens is 1. The van der Waals surface area contributed by atoms with Crippen LogP contribution in [0.5, 0.6) is 17.2 Å². The van der Waals surface area contributed by atoms with Crippen LogP contribution in [0.2, 0.25) is 5.02 Å². The zero-order chi connectivity index (χ0) is 15.1. The lowest BCUT2D eigenvalue weighted by molar-refractivity contribution is 0.247. The van der Waals surface area contributed by atoms with Gasteiger partial charge in [0.15, 0.2) is 0 Å². The molecule has 0 aliphatic rings. The molecule has 4 heteroatoms. The second kappa shape index (κ2) is 7.79. The molecule has 2 aromatic carbocycles. The van der Waals surface area contributed by atoms with E-state index in [0.717, 1.165) is 34.3 Å². The number of methoxy groups -OCH3 is 1. The van der Waals surface area contributed by atoms with E-state index in [9.17, 15) is 0 Å². The quantitative estimate of drug-likeness (QED) is 0.705. The summed E-state index contributed by atoms with van der Waals surface area (Å²) in [7, 11) is 1.64. The summed E-state index contributed by atoms with van der Waals surface area (Å²) in [6.07, 6.45) is 0.804. The van der Waals surface area contributed by atoms with E-state index >= 15 is 0 Å². The van der Waals surface area contributed by atoms with Crippen molar-refractivity contribution < 1.29 is 14.2 Å². The van der Waals surface area contributed by atoms with Gasteiger partial charge in [0.1, 0.15) is 17.2 Å². The molecule has 0 heterocycles. The van der Waals surface area contributed by atoms with Crippen LogP contribution < -0.4 is 14.2 Å². The van der Waals surface area contributed by atoms with Crippen LogP contribution in [0.1, 0.15) is 12.0 Å². The van der Waals surface area contributed by atoms with Gasteiger partial charge in [-0.2, -0.15) is 0 Å². The minimum absolute atomic E-state index is 0.597. The zero-order valence-corrected chi connectivity index (χ0v) is 13.0. The standard InChI is InChI=1S/C17H19ClO3/c1-13-11-16(7-8-17(13)18)21-10-4-9-20-15-6-3-5-14(12-15)19-2/h3,5-8,11-12H,4,9-10H2,1-2H3. The van der Waals surface area contributed by atoms with Gasteiger partial charge in [-0.1, -0.05) is 17.7 Å². The summed E-state index contributed by atoms with van der Waals surface area (Å²) in [5, 5.41) is 0.753. The predicted octanol–water partition coefficient (Wildman–Crippen LogP) is 4.50. The summed E-state index contributed by atoms with van der Waals surface area (Å²) in [4.78, 5) is 0. The largest absolute Gasteiger partial charge is 0.497 e. The molecule has 0 aliphatic carbocycles. The smallest absolute Gasteiger partial charge is 0.122 e. The Morgan fingerprint density at radius 1 is 0.905 bits per heavy atom. The van der Waals surface area contributed by atoms with Crippen molar-refractivity contribution in [1.29, 1.82) is 0 Å². The predicted molar refractivity (Wildman–Crippen MR) is 84.8 cm³/mol. The molecule has 0 aliphatic heterocycles. The number of benzene rings is 2. The average molecular weight is 307 g/mol. The summed E-state index contributed by atoms with van der Waals surface area (Å²) < 4.78 is 16.5. The fourth-order valence-corrected chi connectivity index (χ4v) is 1.95. The van der Waals surface area contributed by atoms with Gasteiger partial charge >= 0.3 is 0 Å². The Hall–Kier alpha value is -1.87. The molecule has 21 heavy (non-hydrogen) atoms. The fourth-order valence-electron chi connectivity index (χ4n) is 1.84. The van der Waals surface area contributed by atoms with Crippen LogP contribution in [0, 0.1) is 6.92 Å². The lowest BCUT2D eigenvalue weighted by atomic mass is 10.2. The van der Waals surface area contributed by atoms with Crippen molar-refractivity contribution in [3.05, 3.63) is 53.1 Å². The summed E-state index contributed by atoms with van der Waals surface area (Å²) in [6.45, 7) is 3.16. The third-order valence-electron chi connectivity index (χ3n) is 3.00. The normalized spacial score (nSPS) is 10.2. The molecule has 0 unspecified atom stereocenters. The van der Waals surface area contributed by atoms with Crippen LogP contribution in [0.3, 0.4) is 0 Å². The Morgan fingerprint density at radius 3 is 2.24 bits per heavy atom. The molecule has 0 saturated carbocycles. The van der Waals surface area contributed by atoms with Crippen molar-refractivity contribution in [2.75, 3.05) is 20.3 Å². The molecule has 2 aromatic rings. The minimum Gasteiger partial charge on any atom is -0.497 e. The highest BCUT2D eigenvalue weighted by Gasteiger charge is 2.00. The Morgan fingerprint density at radius 2 is 1.57 bits per heavy atom. The first-order chi connectivity index (χ1) is 10.2. The summed E-state index contributed by atoms with van der Waals surface area (Å²) in [6, 6.07) is 13.2. The van der Waals surface area contributed by atoms with E-state index in [1.54, 1.807) is 7.11 Å². The number of ether oxygens (including phenoxy) is 3. The molecular formula is C17H19ClO3. The topological polar surface area (TPSA) is 27.7 Å². The molecule has 0 N–H and O–H groups in total. The maximum atomic E-state index is 5.97. The third kappa shape index (κ3) is 4.87. The average Bonchev–Trinajstić information content (AvgIpc) is 2.50. The second-order valence-corrected chi connectivity index (χ2v) is 5.05. The van der Waals surface area contributed by atoms with Gasteiger partial charge in [-0.05, 0) is 42.8 Å². The SMILES string of the molecule is COc1cccc(OCCCOc2ccc(Cl)c(C)c2)c1. The zero-order valence-electron chi connectivity index (χ0n) is 12.3. The highest BCUT2D eigenvalue weighted by Crippen LogP contribution is 2.21. The van der Waals surface area contributed by atoms with Gasteiger partial charge in [0, 0.05) is 17.5 Å². The lowest BCUT2D eigenvalue weighted by Gasteiger charge is -2.09.